The highest BCUT2D eigenvalue weighted by atomic mass is 19.1. The van der Waals surface area contributed by atoms with Crippen molar-refractivity contribution in [2.75, 3.05) is 12.4 Å². The minimum atomic E-state index is -0.177. The molecule has 25 heavy (non-hydrogen) atoms. The standard InChI is InChI=1S/C22H23FN2/c1-14(2)19-13-16(8-10-21(19)24-4)18-6-5-11-25-22(18)17-7-9-20(23)15(3)12-17/h5-13,22,24-25H,1H2,2-4H3. The fraction of sp³-hybridized carbons (Fsp3) is 0.182. The van der Waals surface area contributed by atoms with E-state index < -0.39 is 0 Å². The van der Waals surface area contributed by atoms with Crippen LogP contribution in [0.5, 0.6) is 0 Å². The second kappa shape index (κ2) is 6.98. The summed E-state index contributed by atoms with van der Waals surface area (Å²) < 4.78 is 13.6. The van der Waals surface area contributed by atoms with Gasteiger partial charge in [0.1, 0.15) is 5.82 Å². The molecule has 128 valence electrons. The molecule has 2 nitrogen and oxygen atoms in total. The molecule has 0 aliphatic carbocycles. The van der Waals surface area contributed by atoms with Crippen LogP contribution >= 0.6 is 0 Å². The van der Waals surface area contributed by atoms with Crippen molar-refractivity contribution >= 4 is 16.8 Å². The largest absolute Gasteiger partial charge is 0.388 e. The Balaban J connectivity index is 2.06. The smallest absolute Gasteiger partial charge is 0.126 e. The van der Waals surface area contributed by atoms with Gasteiger partial charge in [0.25, 0.3) is 0 Å². The van der Waals surface area contributed by atoms with Crippen molar-refractivity contribution in [3.8, 4) is 0 Å². The van der Waals surface area contributed by atoms with Gasteiger partial charge < -0.3 is 10.6 Å². The Labute approximate surface area is 148 Å². The average Bonchev–Trinajstić information content (AvgIpc) is 2.63. The van der Waals surface area contributed by atoms with Gasteiger partial charge in [-0.25, -0.2) is 4.39 Å². The Morgan fingerprint density at radius 3 is 2.68 bits per heavy atom. The van der Waals surface area contributed by atoms with Crippen LogP contribution < -0.4 is 10.6 Å². The van der Waals surface area contributed by atoms with E-state index in [4.69, 9.17) is 0 Å². The number of rotatable bonds is 4. The third-order valence-electron chi connectivity index (χ3n) is 4.54. The van der Waals surface area contributed by atoms with Gasteiger partial charge in [-0.15, -0.1) is 0 Å². The number of allylic oxidation sites excluding steroid dienone is 3. The summed E-state index contributed by atoms with van der Waals surface area (Å²) in [4.78, 5) is 0. The summed E-state index contributed by atoms with van der Waals surface area (Å²) in [6.07, 6.45) is 6.03. The van der Waals surface area contributed by atoms with Crippen LogP contribution in [0.15, 0.2) is 61.3 Å². The van der Waals surface area contributed by atoms with Crippen molar-refractivity contribution in [3.63, 3.8) is 0 Å². The first-order chi connectivity index (χ1) is 12.0. The van der Waals surface area contributed by atoms with Gasteiger partial charge in [-0.05, 0) is 72.2 Å². The molecule has 0 fully saturated rings. The molecule has 0 bridgehead atoms. The summed E-state index contributed by atoms with van der Waals surface area (Å²) in [5.74, 6) is -0.177. The van der Waals surface area contributed by atoms with E-state index in [1.165, 1.54) is 6.07 Å². The Kier molecular flexibility index (Phi) is 4.75. The molecule has 1 aliphatic rings. The summed E-state index contributed by atoms with van der Waals surface area (Å²) in [5, 5.41) is 6.61. The summed E-state index contributed by atoms with van der Waals surface area (Å²) in [6, 6.07) is 11.6. The molecule has 0 amide bonds. The number of hydrogen-bond acceptors (Lipinski definition) is 2. The molecule has 1 aliphatic heterocycles. The SMILES string of the molecule is C=C(C)c1cc(C2=CC=CNC2c2ccc(F)c(C)c2)ccc1NC. The molecular weight excluding hydrogens is 311 g/mol. The molecule has 0 aromatic heterocycles. The van der Waals surface area contributed by atoms with E-state index in [2.05, 4.69) is 41.5 Å². The molecule has 0 saturated carbocycles. The summed E-state index contributed by atoms with van der Waals surface area (Å²) in [6.45, 7) is 7.89. The second-order valence-electron chi connectivity index (χ2n) is 6.38. The fourth-order valence-corrected chi connectivity index (χ4v) is 3.17. The number of halogens is 1. The van der Waals surface area contributed by atoms with E-state index in [1.54, 1.807) is 6.92 Å². The van der Waals surface area contributed by atoms with E-state index in [9.17, 15) is 4.39 Å². The molecule has 0 saturated heterocycles. The van der Waals surface area contributed by atoms with Gasteiger partial charge in [0, 0.05) is 18.3 Å². The fourth-order valence-electron chi connectivity index (χ4n) is 3.17. The van der Waals surface area contributed by atoms with E-state index in [0.717, 1.165) is 33.5 Å². The van der Waals surface area contributed by atoms with Gasteiger partial charge in [0.15, 0.2) is 0 Å². The van der Waals surface area contributed by atoms with Crippen molar-refractivity contribution in [3.05, 3.63) is 89.4 Å². The number of dihydropyridines is 1. The number of nitrogens with one attached hydrogen (secondary N) is 2. The van der Waals surface area contributed by atoms with Crippen LogP contribution in [-0.4, -0.2) is 7.05 Å². The quantitative estimate of drug-likeness (QED) is 0.777. The highest BCUT2D eigenvalue weighted by Gasteiger charge is 2.20. The van der Waals surface area contributed by atoms with E-state index in [0.29, 0.717) is 5.56 Å². The molecule has 1 atom stereocenters. The average molecular weight is 334 g/mol. The van der Waals surface area contributed by atoms with Gasteiger partial charge in [-0.3, -0.25) is 0 Å². The maximum atomic E-state index is 13.6. The lowest BCUT2D eigenvalue weighted by Crippen LogP contribution is -2.20. The number of aryl methyl sites for hydroxylation is 1. The van der Waals surface area contributed by atoms with Gasteiger partial charge in [-0.2, -0.15) is 0 Å². The first kappa shape index (κ1) is 17.0. The molecule has 2 N–H and O–H groups in total. The maximum absolute atomic E-state index is 13.6. The molecular formula is C22H23FN2. The molecule has 2 aromatic rings. The summed E-state index contributed by atoms with van der Waals surface area (Å²) >= 11 is 0. The van der Waals surface area contributed by atoms with Crippen molar-refractivity contribution in [1.29, 1.82) is 0 Å². The Morgan fingerprint density at radius 2 is 2.00 bits per heavy atom. The highest BCUT2D eigenvalue weighted by Crippen LogP contribution is 2.35. The third-order valence-corrected chi connectivity index (χ3v) is 4.54. The normalized spacial score (nSPS) is 16.2. The first-order valence-electron chi connectivity index (χ1n) is 8.38. The predicted molar refractivity (Wildman–Crippen MR) is 105 cm³/mol. The zero-order valence-electron chi connectivity index (χ0n) is 14.9. The van der Waals surface area contributed by atoms with Gasteiger partial charge >= 0.3 is 0 Å². The summed E-state index contributed by atoms with van der Waals surface area (Å²) in [5.41, 5.74) is 7.15. The molecule has 0 radical (unpaired) electrons. The maximum Gasteiger partial charge on any atom is 0.126 e. The number of hydrogen-bond donors (Lipinski definition) is 2. The van der Waals surface area contributed by atoms with E-state index in [-0.39, 0.29) is 11.9 Å². The Bertz CT molecular complexity index is 878. The predicted octanol–water partition coefficient (Wildman–Crippen LogP) is 5.45. The van der Waals surface area contributed by atoms with E-state index in [1.807, 2.05) is 38.4 Å². The zero-order chi connectivity index (χ0) is 18.0. The molecule has 0 spiro atoms. The first-order valence-corrected chi connectivity index (χ1v) is 8.38. The number of anilines is 1. The minimum Gasteiger partial charge on any atom is -0.388 e. The van der Waals surface area contributed by atoms with Crippen LogP contribution in [0.25, 0.3) is 11.1 Å². The Morgan fingerprint density at radius 1 is 1.20 bits per heavy atom. The van der Waals surface area contributed by atoms with Crippen LogP contribution in [0.1, 0.15) is 35.2 Å². The second-order valence-corrected chi connectivity index (χ2v) is 6.38. The van der Waals surface area contributed by atoms with Crippen LogP contribution in [-0.2, 0) is 0 Å². The molecule has 2 aromatic carbocycles. The highest BCUT2D eigenvalue weighted by molar-refractivity contribution is 5.81. The zero-order valence-corrected chi connectivity index (χ0v) is 14.9. The van der Waals surface area contributed by atoms with Crippen LogP contribution in [0.2, 0.25) is 0 Å². The van der Waals surface area contributed by atoms with Crippen molar-refractivity contribution in [2.45, 2.75) is 19.9 Å². The number of benzene rings is 2. The minimum absolute atomic E-state index is 0.0114. The van der Waals surface area contributed by atoms with Gasteiger partial charge in [0.05, 0.1) is 6.04 Å². The molecule has 3 rings (SSSR count). The van der Waals surface area contributed by atoms with Crippen LogP contribution in [0, 0.1) is 12.7 Å². The topological polar surface area (TPSA) is 24.1 Å². The van der Waals surface area contributed by atoms with Gasteiger partial charge in [0.2, 0.25) is 0 Å². The Hall–Kier alpha value is -2.81. The van der Waals surface area contributed by atoms with Gasteiger partial charge in [-0.1, -0.05) is 30.9 Å². The van der Waals surface area contributed by atoms with Crippen molar-refractivity contribution in [2.24, 2.45) is 0 Å². The summed E-state index contributed by atoms with van der Waals surface area (Å²) in [7, 11) is 1.91. The molecule has 3 heteroatoms. The lowest BCUT2D eigenvalue weighted by Gasteiger charge is -2.25. The van der Waals surface area contributed by atoms with Crippen LogP contribution in [0.4, 0.5) is 10.1 Å². The van der Waals surface area contributed by atoms with E-state index >= 15 is 0 Å². The lowest BCUT2D eigenvalue weighted by atomic mass is 9.89. The van der Waals surface area contributed by atoms with Crippen LogP contribution in [0.3, 0.4) is 0 Å². The molecule has 1 unspecified atom stereocenters. The van der Waals surface area contributed by atoms with Crippen molar-refractivity contribution < 1.29 is 4.39 Å². The van der Waals surface area contributed by atoms with Crippen molar-refractivity contribution in [1.82, 2.24) is 5.32 Å². The third kappa shape index (κ3) is 3.36. The molecule has 1 heterocycles. The monoisotopic (exact) mass is 334 g/mol. The lowest BCUT2D eigenvalue weighted by molar-refractivity contribution is 0.616.